The molecule has 0 bridgehead atoms. The van der Waals surface area contributed by atoms with E-state index >= 15 is 0 Å². The molecule has 1 aromatic heterocycles. The molecule has 5 nitrogen and oxygen atoms in total. The van der Waals surface area contributed by atoms with Crippen LogP contribution in [0.25, 0.3) is 0 Å². The second-order valence-electron chi connectivity index (χ2n) is 4.29. The largest absolute Gasteiger partial charge is 0.573 e. The molecule has 0 aliphatic rings. The lowest BCUT2D eigenvalue weighted by molar-refractivity contribution is -0.274. The molecule has 22 heavy (non-hydrogen) atoms. The molecule has 3 N–H and O–H groups in total. The number of benzene rings is 1. The Morgan fingerprint density at radius 2 is 1.95 bits per heavy atom. The van der Waals surface area contributed by atoms with Gasteiger partial charge in [0.2, 0.25) is 0 Å². The number of nitrogens with zero attached hydrogens (tertiary/aromatic N) is 1. The highest BCUT2D eigenvalue weighted by molar-refractivity contribution is 5.92. The van der Waals surface area contributed by atoms with Gasteiger partial charge < -0.3 is 20.2 Å². The summed E-state index contributed by atoms with van der Waals surface area (Å²) in [6.07, 6.45) is -2.53. The summed E-state index contributed by atoms with van der Waals surface area (Å²) in [4.78, 5) is 4.09. The molecule has 0 atom stereocenters. The second kappa shape index (κ2) is 6.88. The van der Waals surface area contributed by atoms with E-state index in [0.717, 1.165) is 5.76 Å². The van der Waals surface area contributed by atoms with E-state index in [1.54, 1.807) is 12.3 Å². The van der Waals surface area contributed by atoms with Gasteiger partial charge in [-0.2, -0.15) is 0 Å². The van der Waals surface area contributed by atoms with Gasteiger partial charge in [0.1, 0.15) is 11.5 Å². The summed E-state index contributed by atoms with van der Waals surface area (Å²) in [5, 5.41) is 2.77. The number of furan rings is 1. The van der Waals surface area contributed by atoms with Gasteiger partial charge in [-0.05, 0) is 36.4 Å². The standard InChI is InChI=1S/C14H14F3N3O2/c15-14(16,17)22-12-5-3-10(4-6-12)20-13(18)19-8-7-11-2-1-9-21-11/h1-6,9H,7-8H2,(H3,18,19,20). The average molecular weight is 313 g/mol. The van der Waals surface area contributed by atoms with Crippen LogP contribution in [0.5, 0.6) is 5.75 Å². The molecule has 0 saturated heterocycles. The highest BCUT2D eigenvalue weighted by Gasteiger charge is 2.30. The third kappa shape index (κ3) is 5.39. The number of guanidine groups is 1. The summed E-state index contributed by atoms with van der Waals surface area (Å²) in [6.45, 7) is 0.432. The Kier molecular flexibility index (Phi) is 4.92. The summed E-state index contributed by atoms with van der Waals surface area (Å²) in [5.41, 5.74) is 6.19. The van der Waals surface area contributed by atoms with Crippen molar-refractivity contribution in [2.75, 3.05) is 11.9 Å². The van der Waals surface area contributed by atoms with Crippen molar-refractivity contribution in [1.29, 1.82) is 0 Å². The average Bonchev–Trinajstić information content (AvgIpc) is 2.92. The van der Waals surface area contributed by atoms with E-state index in [1.165, 1.54) is 24.3 Å². The van der Waals surface area contributed by atoms with Crippen molar-refractivity contribution in [3.8, 4) is 5.75 Å². The maximum Gasteiger partial charge on any atom is 0.573 e. The van der Waals surface area contributed by atoms with Gasteiger partial charge in [-0.15, -0.1) is 13.2 Å². The molecule has 0 radical (unpaired) electrons. The molecule has 0 aliphatic carbocycles. The summed E-state index contributed by atoms with van der Waals surface area (Å²) < 4.78 is 45.0. The van der Waals surface area contributed by atoms with Gasteiger partial charge in [0.25, 0.3) is 0 Å². The van der Waals surface area contributed by atoms with Crippen LogP contribution in [-0.4, -0.2) is 18.9 Å². The number of nitrogens with one attached hydrogen (secondary N) is 1. The van der Waals surface area contributed by atoms with E-state index in [2.05, 4.69) is 15.0 Å². The molecule has 0 spiro atoms. The monoisotopic (exact) mass is 313 g/mol. The molecule has 0 saturated carbocycles. The number of aliphatic imine (C=N–C) groups is 1. The zero-order chi connectivity index (χ0) is 16.0. The van der Waals surface area contributed by atoms with Crippen molar-refractivity contribution >= 4 is 11.6 Å². The zero-order valence-electron chi connectivity index (χ0n) is 11.4. The Balaban J connectivity index is 1.84. The molecule has 1 heterocycles. The fourth-order valence-electron chi connectivity index (χ4n) is 1.67. The van der Waals surface area contributed by atoms with Crippen LogP contribution in [-0.2, 0) is 6.42 Å². The fourth-order valence-corrected chi connectivity index (χ4v) is 1.67. The van der Waals surface area contributed by atoms with Gasteiger partial charge in [-0.1, -0.05) is 0 Å². The molecule has 118 valence electrons. The summed E-state index contributed by atoms with van der Waals surface area (Å²) in [6, 6.07) is 8.81. The molecule has 0 aliphatic heterocycles. The molecular formula is C14H14F3N3O2. The van der Waals surface area contributed by atoms with E-state index in [4.69, 9.17) is 10.2 Å². The van der Waals surface area contributed by atoms with E-state index in [1.807, 2.05) is 6.07 Å². The third-order valence-corrected chi connectivity index (χ3v) is 2.58. The van der Waals surface area contributed by atoms with Crippen molar-refractivity contribution < 1.29 is 22.3 Å². The molecule has 0 amide bonds. The van der Waals surface area contributed by atoms with Crippen LogP contribution in [0, 0.1) is 0 Å². The quantitative estimate of drug-likeness (QED) is 0.657. The van der Waals surface area contributed by atoms with Crippen LogP contribution in [0.15, 0.2) is 52.1 Å². The van der Waals surface area contributed by atoms with E-state index in [9.17, 15) is 13.2 Å². The molecule has 8 heteroatoms. The molecule has 2 aromatic rings. The summed E-state index contributed by atoms with van der Waals surface area (Å²) in [5.74, 6) is 0.660. The maximum atomic E-state index is 12.0. The van der Waals surface area contributed by atoms with E-state index in [-0.39, 0.29) is 11.7 Å². The van der Waals surface area contributed by atoms with Crippen LogP contribution >= 0.6 is 0 Å². The summed E-state index contributed by atoms with van der Waals surface area (Å²) >= 11 is 0. The number of hydrogen-bond acceptors (Lipinski definition) is 3. The first-order chi connectivity index (χ1) is 10.4. The van der Waals surface area contributed by atoms with Crippen LogP contribution in [0.2, 0.25) is 0 Å². The highest BCUT2D eigenvalue weighted by Crippen LogP contribution is 2.23. The Morgan fingerprint density at radius 3 is 2.55 bits per heavy atom. The van der Waals surface area contributed by atoms with Crippen molar-refractivity contribution in [3.05, 3.63) is 48.4 Å². The SMILES string of the molecule is NC(=NCCc1ccco1)Nc1ccc(OC(F)(F)F)cc1. The van der Waals surface area contributed by atoms with Crippen molar-refractivity contribution in [3.63, 3.8) is 0 Å². The lowest BCUT2D eigenvalue weighted by Gasteiger charge is -2.10. The van der Waals surface area contributed by atoms with Crippen LogP contribution in [0.1, 0.15) is 5.76 Å². The molecular weight excluding hydrogens is 299 g/mol. The van der Waals surface area contributed by atoms with Crippen LogP contribution in [0.4, 0.5) is 18.9 Å². The molecule has 0 unspecified atom stereocenters. The van der Waals surface area contributed by atoms with Crippen LogP contribution < -0.4 is 15.8 Å². The normalized spacial score (nSPS) is 12.2. The number of rotatable bonds is 5. The minimum absolute atomic E-state index is 0.163. The number of alkyl halides is 3. The topological polar surface area (TPSA) is 72.8 Å². The van der Waals surface area contributed by atoms with Crippen molar-refractivity contribution in [1.82, 2.24) is 0 Å². The second-order valence-corrected chi connectivity index (χ2v) is 4.29. The number of anilines is 1. The van der Waals surface area contributed by atoms with Gasteiger partial charge >= 0.3 is 6.36 Å². The zero-order valence-corrected chi connectivity index (χ0v) is 11.4. The van der Waals surface area contributed by atoms with Gasteiger partial charge in [0.05, 0.1) is 6.26 Å². The van der Waals surface area contributed by atoms with Crippen molar-refractivity contribution in [2.45, 2.75) is 12.8 Å². The van der Waals surface area contributed by atoms with Gasteiger partial charge in [-0.25, -0.2) is 0 Å². The molecule has 1 aromatic carbocycles. The van der Waals surface area contributed by atoms with Gasteiger partial charge in [0, 0.05) is 18.7 Å². The Hall–Kier alpha value is -2.64. The molecule has 2 rings (SSSR count). The smallest absolute Gasteiger partial charge is 0.469 e. The minimum Gasteiger partial charge on any atom is -0.469 e. The fraction of sp³-hybridized carbons (Fsp3) is 0.214. The number of ether oxygens (including phenoxy) is 1. The predicted octanol–water partition coefficient (Wildman–Crippen LogP) is 3.15. The number of nitrogens with two attached hydrogens (primary N) is 1. The van der Waals surface area contributed by atoms with Gasteiger partial charge in [0.15, 0.2) is 5.96 Å². The Bertz CT molecular complexity index is 607. The van der Waals surface area contributed by atoms with E-state index < -0.39 is 6.36 Å². The Morgan fingerprint density at radius 1 is 1.23 bits per heavy atom. The lowest BCUT2D eigenvalue weighted by atomic mass is 10.3. The third-order valence-electron chi connectivity index (χ3n) is 2.58. The minimum atomic E-state index is -4.71. The van der Waals surface area contributed by atoms with Crippen LogP contribution in [0.3, 0.4) is 0 Å². The lowest BCUT2D eigenvalue weighted by Crippen LogP contribution is -2.23. The van der Waals surface area contributed by atoms with Crippen molar-refractivity contribution in [2.24, 2.45) is 10.7 Å². The summed E-state index contributed by atoms with van der Waals surface area (Å²) in [7, 11) is 0. The Labute approximate surface area is 124 Å². The maximum absolute atomic E-state index is 12.0. The van der Waals surface area contributed by atoms with E-state index in [0.29, 0.717) is 18.7 Å². The highest BCUT2D eigenvalue weighted by atomic mass is 19.4. The first kappa shape index (κ1) is 15.7. The first-order valence-corrected chi connectivity index (χ1v) is 6.37. The first-order valence-electron chi connectivity index (χ1n) is 6.37. The molecule has 0 fully saturated rings. The van der Waals surface area contributed by atoms with Gasteiger partial charge in [-0.3, -0.25) is 4.99 Å². The number of hydrogen-bond donors (Lipinski definition) is 2. The predicted molar refractivity (Wildman–Crippen MR) is 75.6 cm³/mol. The number of halogens is 3.